The van der Waals surface area contributed by atoms with Crippen LogP contribution in [-0.2, 0) is 0 Å². The molecule has 0 amide bonds. The van der Waals surface area contributed by atoms with E-state index in [1.54, 1.807) is 0 Å². The minimum absolute atomic E-state index is 0.106. The molecule has 6 heteroatoms. The number of benzene rings is 1. The Hall–Kier alpha value is -2.18. The van der Waals surface area contributed by atoms with Gasteiger partial charge < -0.3 is 14.9 Å². The molecule has 23 heavy (non-hydrogen) atoms. The Morgan fingerprint density at radius 3 is 2.78 bits per heavy atom. The quantitative estimate of drug-likeness (QED) is 0.922. The number of hydrogen-bond donors (Lipinski definition) is 1. The lowest BCUT2D eigenvalue weighted by molar-refractivity contribution is 0.312. The first-order chi connectivity index (χ1) is 11.2. The van der Waals surface area contributed by atoms with Gasteiger partial charge in [-0.3, -0.25) is 4.99 Å². The van der Waals surface area contributed by atoms with E-state index in [-0.39, 0.29) is 5.88 Å². The molecule has 1 aromatic heterocycles. The third-order valence-electron chi connectivity index (χ3n) is 4.24. The van der Waals surface area contributed by atoms with Crippen LogP contribution in [0.4, 0.5) is 10.8 Å². The fraction of sp³-hybridized carbons (Fsp3) is 0.294. The van der Waals surface area contributed by atoms with E-state index in [2.05, 4.69) is 26.8 Å². The zero-order valence-corrected chi connectivity index (χ0v) is 13.8. The molecule has 0 radical (unpaired) electrons. The second-order valence-corrected chi connectivity index (χ2v) is 6.86. The molecule has 0 atom stereocenters. The van der Waals surface area contributed by atoms with Crippen molar-refractivity contribution in [1.82, 2.24) is 9.88 Å². The second-order valence-electron chi connectivity index (χ2n) is 5.85. The highest BCUT2D eigenvalue weighted by Gasteiger charge is 2.20. The van der Waals surface area contributed by atoms with Crippen LogP contribution >= 0.6 is 11.3 Å². The van der Waals surface area contributed by atoms with Gasteiger partial charge in [-0.2, -0.15) is 4.98 Å². The molecule has 2 aliphatic rings. The van der Waals surface area contributed by atoms with Crippen LogP contribution in [0.15, 0.2) is 29.3 Å². The molecule has 118 valence electrons. The smallest absolute Gasteiger partial charge is 0.231 e. The predicted octanol–water partition coefficient (Wildman–Crippen LogP) is 2.86. The molecule has 1 aromatic carbocycles. The van der Waals surface area contributed by atoms with Gasteiger partial charge >= 0.3 is 0 Å². The Labute approximate surface area is 139 Å². The highest BCUT2D eigenvalue weighted by atomic mass is 32.1. The first-order valence-electron chi connectivity index (χ1n) is 7.69. The number of hydrogen-bond acceptors (Lipinski definition) is 6. The third kappa shape index (κ3) is 2.75. The molecule has 1 fully saturated rings. The van der Waals surface area contributed by atoms with Crippen molar-refractivity contribution in [2.45, 2.75) is 0 Å². The van der Waals surface area contributed by atoms with E-state index in [9.17, 15) is 5.11 Å². The number of rotatable bonds is 2. The van der Waals surface area contributed by atoms with Gasteiger partial charge in [0, 0.05) is 43.5 Å². The summed E-state index contributed by atoms with van der Waals surface area (Å²) in [7, 11) is 2.13. The molecule has 0 spiro atoms. The topological polar surface area (TPSA) is 52.0 Å². The van der Waals surface area contributed by atoms with E-state index in [1.165, 1.54) is 11.3 Å². The van der Waals surface area contributed by atoms with Crippen molar-refractivity contribution in [3.63, 3.8) is 0 Å². The standard InChI is InChI=1S/C17H18N4OS/c1-20-6-8-21(9-7-20)17-19-16(22)15(23-17)10-12-11-18-14-5-3-2-4-13(12)14/h2-5,10-11,22H,6-9H2,1H3/b12-10+. The van der Waals surface area contributed by atoms with Crippen LogP contribution in [0.3, 0.4) is 0 Å². The van der Waals surface area contributed by atoms with E-state index in [0.717, 1.165) is 53.0 Å². The second kappa shape index (κ2) is 5.79. The van der Waals surface area contributed by atoms with Gasteiger partial charge in [0.2, 0.25) is 5.88 Å². The zero-order valence-electron chi connectivity index (χ0n) is 12.9. The van der Waals surface area contributed by atoms with Crippen molar-refractivity contribution in [2.75, 3.05) is 38.1 Å². The lowest BCUT2D eigenvalue weighted by Crippen LogP contribution is -2.44. The molecule has 1 saturated heterocycles. The maximum Gasteiger partial charge on any atom is 0.231 e. The number of likely N-dealkylation sites (N-methyl/N-ethyl adjacent to an activating group) is 1. The number of aromatic nitrogens is 1. The SMILES string of the molecule is CN1CCN(c2nc(O)c(/C=C3\C=Nc4ccccc43)s2)CC1. The van der Waals surface area contributed by atoms with Crippen molar-refractivity contribution in [1.29, 1.82) is 0 Å². The third-order valence-corrected chi connectivity index (χ3v) is 5.29. The van der Waals surface area contributed by atoms with Crippen LogP contribution in [0.1, 0.15) is 10.4 Å². The van der Waals surface area contributed by atoms with Gasteiger partial charge in [0.05, 0.1) is 10.6 Å². The number of fused-ring (bicyclic) bond motifs is 1. The number of anilines is 1. The largest absolute Gasteiger partial charge is 0.492 e. The van der Waals surface area contributed by atoms with E-state index in [4.69, 9.17) is 0 Å². The number of piperazine rings is 1. The van der Waals surface area contributed by atoms with Crippen molar-refractivity contribution in [3.05, 3.63) is 34.7 Å². The van der Waals surface area contributed by atoms with Crippen LogP contribution in [0, 0.1) is 0 Å². The van der Waals surface area contributed by atoms with Gasteiger partial charge in [-0.05, 0) is 19.2 Å². The Balaban J connectivity index is 1.61. The van der Waals surface area contributed by atoms with E-state index in [0.29, 0.717) is 0 Å². The van der Waals surface area contributed by atoms with Crippen molar-refractivity contribution in [3.8, 4) is 5.88 Å². The number of aliphatic imine (C=N–C) groups is 1. The van der Waals surface area contributed by atoms with E-state index in [1.807, 2.05) is 36.6 Å². The number of allylic oxidation sites excluding steroid dienone is 1. The van der Waals surface area contributed by atoms with Gasteiger partial charge in [-0.15, -0.1) is 0 Å². The summed E-state index contributed by atoms with van der Waals surface area (Å²) in [4.78, 5) is 14.1. The first-order valence-corrected chi connectivity index (χ1v) is 8.51. The Morgan fingerprint density at radius 1 is 1.17 bits per heavy atom. The summed E-state index contributed by atoms with van der Waals surface area (Å²) >= 11 is 1.54. The van der Waals surface area contributed by atoms with Crippen molar-refractivity contribution < 1.29 is 5.11 Å². The summed E-state index contributed by atoms with van der Waals surface area (Å²) in [5, 5.41) is 11.1. The minimum atomic E-state index is 0.106. The molecular formula is C17H18N4OS. The summed E-state index contributed by atoms with van der Waals surface area (Å²) in [6, 6.07) is 8.03. The molecule has 0 unspecified atom stereocenters. The fourth-order valence-electron chi connectivity index (χ4n) is 2.83. The molecule has 0 aliphatic carbocycles. The monoisotopic (exact) mass is 326 g/mol. The van der Waals surface area contributed by atoms with E-state index < -0.39 is 0 Å². The van der Waals surface area contributed by atoms with Crippen molar-refractivity contribution >= 4 is 40.0 Å². The van der Waals surface area contributed by atoms with Gasteiger partial charge in [0.15, 0.2) is 5.13 Å². The zero-order chi connectivity index (χ0) is 15.8. The summed E-state index contributed by atoms with van der Waals surface area (Å²) in [5.41, 5.74) is 3.09. The number of nitrogens with zero attached hydrogens (tertiary/aromatic N) is 4. The number of para-hydroxylation sites is 1. The highest BCUT2D eigenvalue weighted by Crippen LogP contribution is 2.37. The van der Waals surface area contributed by atoms with Gasteiger partial charge in [0.1, 0.15) is 0 Å². The maximum atomic E-state index is 10.2. The fourth-order valence-corrected chi connectivity index (χ4v) is 3.80. The van der Waals surface area contributed by atoms with Gasteiger partial charge in [0.25, 0.3) is 0 Å². The van der Waals surface area contributed by atoms with Gasteiger partial charge in [-0.25, -0.2) is 0 Å². The molecule has 5 nitrogen and oxygen atoms in total. The minimum Gasteiger partial charge on any atom is -0.492 e. The number of aromatic hydroxyl groups is 1. The normalized spacial score (nSPS) is 19.5. The number of thiazole rings is 1. The van der Waals surface area contributed by atoms with Crippen LogP contribution in [0.2, 0.25) is 0 Å². The summed E-state index contributed by atoms with van der Waals surface area (Å²) < 4.78 is 0. The molecule has 3 heterocycles. The lowest BCUT2D eigenvalue weighted by atomic mass is 10.1. The first kappa shape index (κ1) is 14.4. The Bertz CT molecular complexity index is 788. The molecule has 2 aliphatic heterocycles. The highest BCUT2D eigenvalue weighted by molar-refractivity contribution is 7.16. The molecular weight excluding hydrogens is 308 g/mol. The molecule has 0 bridgehead atoms. The van der Waals surface area contributed by atoms with Crippen LogP contribution in [-0.4, -0.2) is 54.4 Å². The Kier molecular flexibility index (Phi) is 3.63. The predicted molar refractivity (Wildman–Crippen MR) is 96.0 cm³/mol. The lowest BCUT2D eigenvalue weighted by Gasteiger charge is -2.31. The Morgan fingerprint density at radius 2 is 1.96 bits per heavy atom. The molecule has 2 aromatic rings. The average molecular weight is 326 g/mol. The molecule has 0 saturated carbocycles. The molecule has 4 rings (SSSR count). The molecule has 1 N–H and O–H groups in total. The van der Waals surface area contributed by atoms with Crippen molar-refractivity contribution in [2.24, 2.45) is 4.99 Å². The summed E-state index contributed by atoms with van der Waals surface area (Å²) in [5.74, 6) is 0.106. The summed E-state index contributed by atoms with van der Waals surface area (Å²) in [6.45, 7) is 3.95. The van der Waals surface area contributed by atoms with Gasteiger partial charge in [-0.1, -0.05) is 29.5 Å². The van der Waals surface area contributed by atoms with E-state index >= 15 is 0 Å². The summed E-state index contributed by atoms with van der Waals surface area (Å²) in [6.07, 6.45) is 3.82. The average Bonchev–Trinajstić information content (AvgIpc) is 3.13. The van der Waals surface area contributed by atoms with Crippen LogP contribution in [0.25, 0.3) is 11.6 Å². The van der Waals surface area contributed by atoms with Crippen LogP contribution < -0.4 is 4.90 Å². The van der Waals surface area contributed by atoms with Crippen LogP contribution in [0.5, 0.6) is 5.88 Å². The maximum absolute atomic E-state index is 10.2.